The summed E-state index contributed by atoms with van der Waals surface area (Å²) in [7, 11) is 0. The van der Waals surface area contributed by atoms with Crippen LogP contribution in [0.15, 0.2) is 60.7 Å². The minimum atomic E-state index is 0.101. The molecule has 6 heteroatoms. The van der Waals surface area contributed by atoms with Crippen LogP contribution in [0.3, 0.4) is 0 Å². The molecule has 0 spiro atoms. The van der Waals surface area contributed by atoms with Crippen molar-refractivity contribution in [3.8, 4) is 5.88 Å². The van der Waals surface area contributed by atoms with Crippen LogP contribution in [-0.2, 0) is 0 Å². The number of fused-ring (bicyclic) bond motifs is 2. The third-order valence-corrected chi connectivity index (χ3v) is 6.32. The van der Waals surface area contributed by atoms with Crippen molar-refractivity contribution in [2.24, 2.45) is 0 Å². The summed E-state index contributed by atoms with van der Waals surface area (Å²) >= 11 is 0. The first-order valence-electron chi connectivity index (χ1n) is 11.1. The zero-order valence-corrected chi connectivity index (χ0v) is 17.4. The lowest BCUT2D eigenvalue weighted by Gasteiger charge is -2.40. The molecule has 0 amide bonds. The number of para-hydroxylation sites is 3. The third-order valence-electron chi connectivity index (χ3n) is 6.32. The minimum Gasteiger partial charge on any atom is -0.469 e. The zero-order chi connectivity index (χ0) is 20.6. The van der Waals surface area contributed by atoms with Crippen LogP contribution in [-0.4, -0.2) is 47.2 Å². The van der Waals surface area contributed by atoms with Gasteiger partial charge in [-0.2, -0.15) is 0 Å². The normalized spacial score (nSPS) is 17.7. The first kappa shape index (κ1) is 18.5. The number of rotatable bonds is 4. The Bertz CT molecular complexity index is 1230. The van der Waals surface area contributed by atoms with Crippen molar-refractivity contribution in [2.75, 3.05) is 31.1 Å². The van der Waals surface area contributed by atoms with Gasteiger partial charge in [0.1, 0.15) is 17.6 Å². The highest BCUT2D eigenvalue weighted by Gasteiger charge is 2.32. The van der Waals surface area contributed by atoms with Gasteiger partial charge >= 0.3 is 0 Å². The number of hydrogen-bond acceptors (Lipinski definition) is 6. The molecule has 0 unspecified atom stereocenters. The van der Waals surface area contributed by atoms with E-state index in [-0.39, 0.29) is 6.10 Å². The van der Waals surface area contributed by atoms with E-state index in [0.717, 1.165) is 72.5 Å². The summed E-state index contributed by atoms with van der Waals surface area (Å²) in [5.74, 6) is 2.11. The first-order chi connectivity index (χ1) is 15.3. The van der Waals surface area contributed by atoms with E-state index < -0.39 is 0 Å². The Morgan fingerprint density at radius 3 is 2.29 bits per heavy atom. The number of aromatic nitrogens is 3. The Balaban J connectivity index is 1.23. The van der Waals surface area contributed by atoms with E-state index in [9.17, 15) is 0 Å². The molecule has 2 aromatic heterocycles. The van der Waals surface area contributed by atoms with Gasteiger partial charge in [0.05, 0.1) is 29.6 Å². The lowest BCUT2D eigenvalue weighted by Crippen LogP contribution is -2.54. The Morgan fingerprint density at radius 2 is 1.48 bits per heavy atom. The molecule has 0 atom stereocenters. The third kappa shape index (κ3) is 3.57. The van der Waals surface area contributed by atoms with Gasteiger partial charge in [-0.25, -0.2) is 15.0 Å². The predicted molar refractivity (Wildman–Crippen MR) is 123 cm³/mol. The Kier molecular flexibility index (Phi) is 4.65. The quantitative estimate of drug-likeness (QED) is 0.549. The molecule has 4 aromatic rings. The monoisotopic (exact) mass is 411 g/mol. The number of benzene rings is 2. The van der Waals surface area contributed by atoms with Gasteiger partial charge in [0, 0.05) is 11.3 Å². The van der Waals surface area contributed by atoms with Crippen molar-refractivity contribution >= 4 is 27.8 Å². The van der Waals surface area contributed by atoms with Crippen LogP contribution in [0.4, 0.5) is 5.82 Å². The fourth-order valence-electron chi connectivity index (χ4n) is 4.53. The number of anilines is 1. The van der Waals surface area contributed by atoms with Crippen LogP contribution >= 0.6 is 0 Å². The van der Waals surface area contributed by atoms with Gasteiger partial charge in [0.25, 0.3) is 0 Å². The van der Waals surface area contributed by atoms with E-state index >= 15 is 0 Å². The van der Waals surface area contributed by atoms with Gasteiger partial charge in [-0.1, -0.05) is 30.3 Å². The lowest BCUT2D eigenvalue weighted by atomic mass is 9.94. The summed E-state index contributed by atoms with van der Waals surface area (Å²) in [6.45, 7) is 3.66. The number of nitrogens with one attached hydrogen (secondary N) is 1. The second-order valence-corrected chi connectivity index (χ2v) is 8.43. The summed E-state index contributed by atoms with van der Waals surface area (Å²) in [6.07, 6.45) is 2.24. The maximum absolute atomic E-state index is 6.42. The fourth-order valence-corrected chi connectivity index (χ4v) is 4.53. The molecule has 2 aromatic carbocycles. The molecule has 0 radical (unpaired) electrons. The number of hydrogen-bond donors (Lipinski definition) is 1. The average molecular weight is 412 g/mol. The van der Waals surface area contributed by atoms with E-state index in [1.54, 1.807) is 0 Å². The molecule has 6 nitrogen and oxygen atoms in total. The lowest BCUT2D eigenvalue weighted by molar-refractivity contribution is 0.156. The second-order valence-electron chi connectivity index (χ2n) is 8.43. The molecule has 0 bridgehead atoms. The molecule has 2 aliphatic heterocycles. The molecule has 0 aliphatic carbocycles. The van der Waals surface area contributed by atoms with Gasteiger partial charge in [-0.3, -0.25) is 0 Å². The topological polar surface area (TPSA) is 63.2 Å². The molecule has 2 aliphatic rings. The average Bonchev–Trinajstić information content (AvgIpc) is 2.81. The summed E-state index contributed by atoms with van der Waals surface area (Å²) in [5, 5.41) is 4.60. The van der Waals surface area contributed by atoms with Gasteiger partial charge in [0.15, 0.2) is 0 Å². The van der Waals surface area contributed by atoms with Gasteiger partial charge in [-0.15, -0.1) is 0 Å². The van der Waals surface area contributed by atoms with Crippen LogP contribution < -0.4 is 15.0 Å². The van der Waals surface area contributed by atoms with Crippen LogP contribution in [0.25, 0.3) is 21.9 Å². The van der Waals surface area contributed by atoms with Crippen LogP contribution in [0, 0.1) is 0 Å². The number of piperidine rings is 1. The Morgan fingerprint density at radius 1 is 0.774 bits per heavy atom. The Labute approximate surface area is 181 Å². The molecule has 0 saturated carbocycles. The highest BCUT2D eigenvalue weighted by atomic mass is 16.5. The Hall–Kier alpha value is -3.25. The molecule has 4 heterocycles. The number of nitrogens with zero attached hydrogens (tertiary/aromatic N) is 4. The van der Waals surface area contributed by atoms with Gasteiger partial charge in [-0.05, 0) is 56.3 Å². The molecule has 6 rings (SSSR count). The summed E-state index contributed by atoms with van der Waals surface area (Å²) < 4.78 is 6.42. The van der Waals surface area contributed by atoms with E-state index in [1.165, 1.54) is 0 Å². The van der Waals surface area contributed by atoms with Crippen molar-refractivity contribution in [1.82, 2.24) is 20.3 Å². The van der Waals surface area contributed by atoms with Crippen molar-refractivity contribution in [2.45, 2.75) is 24.9 Å². The minimum absolute atomic E-state index is 0.101. The SMILES string of the molecule is c1ccc2nc(N3CC(Oc4nc5ccccc5nc4C4CCNCC4)C3)ccc2c1. The van der Waals surface area contributed by atoms with Gasteiger partial charge < -0.3 is 15.0 Å². The largest absolute Gasteiger partial charge is 0.469 e. The zero-order valence-electron chi connectivity index (χ0n) is 17.4. The smallest absolute Gasteiger partial charge is 0.236 e. The molecule has 2 saturated heterocycles. The van der Waals surface area contributed by atoms with Gasteiger partial charge in [0.2, 0.25) is 5.88 Å². The maximum Gasteiger partial charge on any atom is 0.236 e. The second kappa shape index (κ2) is 7.78. The highest BCUT2D eigenvalue weighted by Crippen LogP contribution is 2.33. The van der Waals surface area contributed by atoms with E-state index in [1.807, 2.05) is 36.4 Å². The number of ether oxygens (including phenoxy) is 1. The van der Waals surface area contributed by atoms with E-state index in [2.05, 4.69) is 34.5 Å². The summed E-state index contributed by atoms with van der Waals surface area (Å²) in [4.78, 5) is 16.9. The standard InChI is InChI=1S/C25H25N5O/c1-2-6-20-17(5-1)9-10-23(27-20)30-15-19(16-30)31-25-24(18-11-13-26-14-12-18)28-21-7-3-4-8-22(21)29-25/h1-10,18-19,26H,11-16H2. The van der Waals surface area contributed by atoms with Crippen molar-refractivity contribution < 1.29 is 4.74 Å². The van der Waals surface area contributed by atoms with Crippen molar-refractivity contribution in [3.05, 3.63) is 66.4 Å². The van der Waals surface area contributed by atoms with Crippen LogP contribution in [0.5, 0.6) is 5.88 Å². The van der Waals surface area contributed by atoms with Crippen LogP contribution in [0.2, 0.25) is 0 Å². The van der Waals surface area contributed by atoms with Crippen LogP contribution in [0.1, 0.15) is 24.5 Å². The molecule has 156 valence electrons. The molecule has 2 fully saturated rings. The van der Waals surface area contributed by atoms with E-state index in [0.29, 0.717) is 11.8 Å². The molecular weight excluding hydrogens is 386 g/mol. The molecule has 31 heavy (non-hydrogen) atoms. The fraction of sp³-hybridized carbons (Fsp3) is 0.320. The maximum atomic E-state index is 6.42. The van der Waals surface area contributed by atoms with Crippen molar-refractivity contribution in [1.29, 1.82) is 0 Å². The number of pyridine rings is 1. The summed E-state index contributed by atoms with van der Waals surface area (Å²) in [6, 6.07) is 20.5. The molecule has 1 N–H and O–H groups in total. The molecular formula is C25H25N5O. The predicted octanol–water partition coefficient (Wildman–Crippen LogP) is 3.91. The first-order valence-corrected chi connectivity index (χ1v) is 11.1. The van der Waals surface area contributed by atoms with Crippen molar-refractivity contribution in [3.63, 3.8) is 0 Å². The highest BCUT2D eigenvalue weighted by molar-refractivity contribution is 5.80. The summed E-state index contributed by atoms with van der Waals surface area (Å²) in [5.41, 5.74) is 3.88. The van der Waals surface area contributed by atoms with E-state index in [4.69, 9.17) is 19.7 Å².